The van der Waals surface area contributed by atoms with Gasteiger partial charge in [0.25, 0.3) is 0 Å². The van der Waals surface area contributed by atoms with Crippen LogP contribution in [0.5, 0.6) is 5.75 Å². The van der Waals surface area contributed by atoms with Gasteiger partial charge in [-0.15, -0.1) is 0 Å². The van der Waals surface area contributed by atoms with Gasteiger partial charge in [-0.05, 0) is 6.07 Å². The SMILES string of the molecule is COc1cnccc1C(Cc1nccn1C)NN. The van der Waals surface area contributed by atoms with E-state index in [2.05, 4.69) is 15.4 Å². The van der Waals surface area contributed by atoms with Crippen LogP contribution in [0.15, 0.2) is 30.9 Å². The van der Waals surface area contributed by atoms with Crippen LogP contribution in [0.2, 0.25) is 0 Å². The largest absolute Gasteiger partial charge is 0.495 e. The number of nitrogens with zero attached hydrogens (tertiary/aromatic N) is 3. The summed E-state index contributed by atoms with van der Waals surface area (Å²) in [5.74, 6) is 7.30. The molecule has 18 heavy (non-hydrogen) atoms. The fourth-order valence-corrected chi connectivity index (χ4v) is 1.88. The molecule has 0 spiro atoms. The van der Waals surface area contributed by atoms with Crippen LogP contribution in [0.3, 0.4) is 0 Å². The number of methoxy groups -OCH3 is 1. The minimum absolute atomic E-state index is 0.0657. The monoisotopic (exact) mass is 247 g/mol. The van der Waals surface area contributed by atoms with Crippen molar-refractivity contribution in [1.82, 2.24) is 20.0 Å². The van der Waals surface area contributed by atoms with Gasteiger partial charge in [0.2, 0.25) is 0 Å². The van der Waals surface area contributed by atoms with Gasteiger partial charge >= 0.3 is 0 Å². The van der Waals surface area contributed by atoms with Gasteiger partial charge in [0.15, 0.2) is 0 Å². The number of nitrogens with two attached hydrogens (primary N) is 1. The lowest BCUT2D eigenvalue weighted by atomic mass is 10.0. The van der Waals surface area contributed by atoms with Crippen LogP contribution in [0.4, 0.5) is 0 Å². The summed E-state index contributed by atoms with van der Waals surface area (Å²) in [7, 11) is 3.58. The van der Waals surface area contributed by atoms with E-state index in [1.54, 1.807) is 25.7 Å². The van der Waals surface area contributed by atoms with Crippen LogP contribution < -0.4 is 16.0 Å². The molecule has 0 bridgehead atoms. The van der Waals surface area contributed by atoms with Gasteiger partial charge < -0.3 is 9.30 Å². The number of nitrogens with one attached hydrogen (secondary N) is 1. The van der Waals surface area contributed by atoms with Crippen molar-refractivity contribution in [3.8, 4) is 5.75 Å². The molecule has 0 fully saturated rings. The number of imidazole rings is 1. The summed E-state index contributed by atoms with van der Waals surface area (Å²) in [5.41, 5.74) is 3.77. The molecule has 1 unspecified atom stereocenters. The standard InChI is InChI=1S/C12H17N5O/c1-17-6-5-15-12(17)7-10(16-13)9-3-4-14-8-11(9)18-2/h3-6,8,10,16H,7,13H2,1-2H3. The van der Waals surface area contributed by atoms with Gasteiger partial charge in [-0.1, -0.05) is 0 Å². The highest BCUT2D eigenvalue weighted by Crippen LogP contribution is 2.25. The molecule has 0 aliphatic carbocycles. The van der Waals surface area contributed by atoms with E-state index >= 15 is 0 Å². The zero-order valence-corrected chi connectivity index (χ0v) is 10.5. The Labute approximate surface area is 106 Å². The molecule has 2 aromatic rings. The lowest BCUT2D eigenvalue weighted by Gasteiger charge is -2.18. The number of hydrazine groups is 1. The Morgan fingerprint density at radius 2 is 2.33 bits per heavy atom. The zero-order valence-electron chi connectivity index (χ0n) is 10.5. The summed E-state index contributed by atoms with van der Waals surface area (Å²) in [5, 5.41) is 0. The van der Waals surface area contributed by atoms with Crippen LogP contribution >= 0.6 is 0 Å². The molecule has 3 N–H and O–H groups in total. The highest BCUT2D eigenvalue weighted by atomic mass is 16.5. The molecule has 0 radical (unpaired) electrons. The lowest BCUT2D eigenvalue weighted by molar-refractivity contribution is 0.395. The Morgan fingerprint density at radius 3 is 2.94 bits per heavy atom. The van der Waals surface area contributed by atoms with Crippen LogP contribution in [0, 0.1) is 0 Å². The number of pyridine rings is 1. The van der Waals surface area contributed by atoms with E-state index in [1.807, 2.05) is 23.9 Å². The first-order valence-electron chi connectivity index (χ1n) is 5.66. The molecule has 0 saturated carbocycles. The first-order chi connectivity index (χ1) is 8.76. The molecule has 96 valence electrons. The van der Waals surface area contributed by atoms with Crippen molar-refractivity contribution < 1.29 is 4.74 Å². The van der Waals surface area contributed by atoms with Crippen LogP contribution in [0.1, 0.15) is 17.4 Å². The van der Waals surface area contributed by atoms with Crippen molar-refractivity contribution in [2.24, 2.45) is 12.9 Å². The Morgan fingerprint density at radius 1 is 1.50 bits per heavy atom. The van der Waals surface area contributed by atoms with E-state index in [1.165, 1.54) is 0 Å². The fraction of sp³-hybridized carbons (Fsp3) is 0.333. The van der Waals surface area contributed by atoms with Crippen LogP contribution in [-0.2, 0) is 13.5 Å². The van der Waals surface area contributed by atoms with E-state index in [9.17, 15) is 0 Å². The van der Waals surface area contributed by atoms with Crippen LogP contribution in [-0.4, -0.2) is 21.6 Å². The smallest absolute Gasteiger partial charge is 0.141 e. The van der Waals surface area contributed by atoms with Crippen molar-refractivity contribution in [3.63, 3.8) is 0 Å². The van der Waals surface area contributed by atoms with Crippen LogP contribution in [0.25, 0.3) is 0 Å². The topological polar surface area (TPSA) is 78.0 Å². The summed E-state index contributed by atoms with van der Waals surface area (Å²) in [4.78, 5) is 8.33. The normalized spacial score (nSPS) is 12.4. The van der Waals surface area contributed by atoms with Crippen molar-refractivity contribution in [2.45, 2.75) is 12.5 Å². The van der Waals surface area contributed by atoms with Gasteiger partial charge in [0, 0.05) is 37.6 Å². The molecular weight excluding hydrogens is 230 g/mol. The molecule has 0 aliphatic heterocycles. The van der Waals surface area contributed by atoms with E-state index in [-0.39, 0.29) is 6.04 Å². The Kier molecular flexibility index (Phi) is 3.91. The fourth-order valence-electron chi connectivity index (χ4n) is 1.88. The van der Waals surface area contributed by atoms with E-state index in [0.717, 1.165) is 17.1 Å². The average Bonchev–Trinajstić information content (AvgIpc) is 2.81. The first kappa shape index (κ1) is 12.5. The molecule has 0 amide bonds. The minimum Gasteiger partial charge on any atom is -0.495 e. The molecule has 0 saturated heterocycles. The predicted octanol–water partition coefficient (Wildman–Crippen LogP) is 0.571. The number of aromatic nitrogens is 3. The molecule has 1 atom stereocenters. The van der Waals surface area contributed by atoms with Gasteiger partial charge in [-0.2, -0.15) is 0 Å². The summed E-state index contributed by atoms with van der Waals surface area (Å²) in [6.45, 7) is 0. The average molecular weight is 247 g/mol. The van der Waals surface area contributed by atoms with Gasteiger partial charge in [0.05, 0.1) is 19.3 Å². The molecule has 2 rings (SSSR count). The second-order valence-corrected chi connectivity index (χ2v) is 4.00. The summed E-state index contributed by atoms with van der Waals surface area (Å²) in [6.07, 6.45) is 7.76. The van der Waals surface area contributed by atoms with Crippen molar-refractivity contribution in [2.75, 3.05) is 7.11 Å². The number of aryl methyl sites for hydroxylation is 1. The summed E-state index contributed by atoms with van der Waals surface area (Å²) < 4.78 is 7.26. The number of hydrogen-bond acceptors (Lipinski definition) is 5. The number of rotatable bonds is 5. The van der Waals surface area contributed by atoms with Gasteiger partial charge in [-0.25, -0.2) is 4.98 Å². The maximum atomic E-state index is 5.63. The molecule has 2 aromatic heterocycles. The van der Waals surface area contributed by atoms with Gasteiger partial charge in [-0.3, -0.25) is 16.3 Å². The van der Waals surface area contributed by atoms with Crippen molar-refractivity contribution in [1.29, 1.82) is 0 Å². The third-order valence-corrected chi connectivity index (χ3v) is 2.92. The number of hydrogen-bond donors (Lipinski definition) is 2. The summed E-state index contributed by atoms with van der Waals surface area (Å²) in [6, 6.07) is 1.83. The third-order valence-electron chi connectivity index (χ3n) is 2.92. The number of ether oxygens (including phenoxy) is 1. The third kappa shape index (κ3) is 2.49. The Balaban J connectivity index is 2.25. The van der Waals surface area contributed by atoms with Gasteiger partial charge in [0.1, 0.15) is 11.6 Å². The minimum atomic E-state index is -0.0657. The van der Waals surface area contributed by atoms with E-state index in [4.69, 9.17) is 10.6 Å². The second kappa shape index (κ2) is 5.61. The molecule has 6 nitrogen and oxygen atoms in total. The van der Waals surface area contributed by atoms with E-state index < -0.39 is 0 Å². The van der Waals surface area contributed by atoms with Crippen molar-refractivity contribution >= 4 is 0 Å². The lowest BCUT2D eigenvalue weighted by Crippen LogP contribution is -2.30. The maximum absolute atomic E-state index is 5.63. The zero-order chi connectivity index (χ0) is 13.0. The highest BCUT2D eigenvalue weighted by molar-refractivity contribution is 5.33. The molecule has 6 heteroatoms. The predicted molar refractivity (Wildman–Crippen MR) is 67.8 cm³/mol. The second-order valence-electron chi connectivity index (χ2n) is 4.00. The molecule has 0 aromatic carbocycles. The van der Waals surface area contributed by atoms with E-state index in [0.29, 0.717) is 6.42 Å². The first-order valence-corrected chi connectivity index (χ1v) is 5.66. The molecule has 2 heterocycles. The summed E-state index contributed by atoms with van der Waals surface area (Å²) >= 11 is 0. The Bertz CT molecular complexity index is 511. The molecule has 0 aliphatic rings. The quantitative estimate of drug-likeness (QED) is 0.596. The van der Waals surface area contributed by atoms with Crippen molar-refractivity contribution in [3.05, 3.63) is 42.2 Å². The highest BCUT2D eigenvalue weighted by Gasteiger charge is 2.17. The Hall–Kier alpha value is -1.92. The molecular formula is C12H17N5O. The maximum Gasteiger partial charge on any atom is 0.141 e.